The van der Waals surface area contributed by atoms with Gasteiger partial charge in [-0.2, -0.15) is 11.8 Å². The van der Waals surface area contributed by atoms with Crippen LogP contribution in [0.4, 0.5) is 0 Å². The molecular formula is C11H21NOS. The van der Waals surface area contributed by atoms with Gasteiger partial charge in [0.1, 0.15) is 0 Å². The van der Waals surface area contributed by atoms with Crippen LogP contribution in [-0.2, 0) is 4.74 Å². The fourth-order valence-corrected chi connectivity index (χ4v) is 3.55. The number of hydrogen-bond donors (Lipinski definition) is 1. The fraction of sp³-hybridized carbons (Fsp3) is 1.00. The molecule has 2 aliphatic rings. The highest BCUT2D eigenvalue weighted by atomic mass is 32.2. The summed E-state index contributed by atoms with van der Waals surface area (Å²) in [7, 11) is 0. The standard InChI is InChI=1S/C11H21NOS/c1-2-4-10(3-1)8-14-9-11-7-12-5-6-13-11/h10-12H,1-9H2. The van der Waals surface area contributed by atoms with Crippen molar-refractivity contribution in [2.75, 3.05) is 31.2 Å². The van der Waals surface area contributed by atoms with Crippen LogP contribution in [0.2, 0.25) is 0 Å². The summed E-state index contributed by atoms with van der Waals surface area (Å²) in [6.07, 6.45) is 6.34. The monoisotopic (exact) mass is 215 g/mol. The maximum absolute atomic E-state index is 5.66. The maximum atomic E-state index is 5.66. The molecule has 1 N–H and O–H groups in total. The van der Waals surface area contributed by atoms with Crippen LogP contribution < -0.4 is 5.32 Å². The van der Waals surface area contributed by atoms with E-state index in [1.807, 2.05) is 0 Å². The van der Waals surface area contributed by atoms with E-state index in [4.69, 9.17) is 4.74 Å². The average molecular weight is 215 g/mol. The van der Waals surface area contributed by atoms with Crippen LogP contribution in [0.15, 0.2) is 0 Å². The molecule has 0 amide bonds. The van der Waals surface area contributed by atoms with E-state index in [0.717, 1.165) is 25.6 Å². The Morgan fingerprint density at radius 3 is 2.79 bits per heavy atom. The summed E-state index contributed by atoms with van der Waals surface area (Å²) >= 11 is 2.09. The second kappa shape index (κ2) is 5.99. The molecule has 1 aliphatic heterocycles. The lowest BCUT2D eigenvalue weighted by Gasteiger charge is -2.23. The molecule has 1 saturated carbocycles. The highest BCUT2D eigenvalue weighted by molar-refractivity contribution is 7.99. The van der Waals surface area contributed by atoms with Gasteiger partial charge in [-0.05, 0) is 24.5 Å². The summed E-state index contributed by atoms with van der Waals surface area (Å²) in [5.74, 6) is 3.56. The molecule has 3 heteroatoms. The molecular weight excluding hydrogens is 194 g/mol. The normalized spacial score (nSPS) is 29.6. The Labute approximate surface area is 91.2 Å². The van der Waals surface area contributed by atoms with E-state index in [1.54, 1.807) is 0 Å². The third kappa shape index (κ3) is 3.44. The van der Waals surface area contributed by atoms with Gasteiger partial charge in [-0.1, -0.05) is 12.8 Å². The number of morpholine rings is 1. The van der Waals surface area contributed by atoms with E-state index < -0.39 is 0 Å². The Morgan fingerprint density at radius 1 is 1.21 bits per heavy atom. The minimum absolute atomic E-state index is 0.468. The smallest absolute Gasteiger partial charge is 0.0790 e. The molecule has 14 heavy (non-hydrogen) atoms. The van der Waals surface area contributed by atoms with Gasteiger partial charge in [-0.15, -0.1) is 0 Å². The van der Waals surface area contributed by atoms with Crippen LogP contribution in [0.3, 0.4) is 0 Å². The average Bonchev–Trinajstić information content (AvgIpc) is 2.72. The maximum Gasteiger partial charge on any atom is 0.0790 e. The molecule has 1 atom stereocenters. The highest BCUT2D eigenvalue weighted by Crippen LogP contribution is 2.28. The van der Waals surface area contributed by atoms with Gasteiger partial charge in [-0.3, -0.25) is 0 Å². The molecule has 1 unspecified atom stereocenters. The van der Waals surface area contributed by atoms with Crippen molar-refractivity contribution in [3.8, 4) is 0 Å². The second-order valence-electron chi connectivity index (χ2n) is 4.38. The number of nitrogens with one attached hydrogen (secondary N) is 1. The first-order valence-electron chi connectivity index (χ1n) is 5.85. The summed E-state index contributed by atoms with van der Waals surface area (Å²) in [5.41, 5.74) is 0. The number of ether oxygens (including phenoxy) is 1. The first-order valence-corrected chi connectivity index (χ1v) is 7.00. The molecule has 2 fully saturated rings. The predicted octanol–water partition coefficient (Wildman–Crippen LogP) is 1.90. The number of hydrogen-bond acceptors (Lipinski definition) is 3. The van der Waals surface area contributed by atoms with Crippen molar-refractivity contribution in [2.24, 2.45) is 5.92 Å². The van der Waals surface area contributed by atoms with Gasteiger partial charge >= 0.3 is 0 Å². The summed E-state index contributed by atoms with van der Waals surface area (Å²) in [6.45, 7) is 2.98. The molecule has 0 aromatic heterocycles. The van der Waals surface area contributed by atoms with Crippen molar-refractivity contribution < 1.29 is 4.74 Å². The van der Waals surface area contributed by atoms with Crippen LogP contribution in [-0.4, -0.2) is 37.3 Å². The predicted molar refractivity (Wildman–Crippen MR) is 61.9 cm³/mol. The van der Waals surface area contributed by atoms with E-state index in [1.165, 1.54) is 37.2 Å². The fourth-order valence-electron chi connectivity index (χ4n) is 2.27. The van der Waals surface area contributed by atoms with Crippen LogP contribution >= 0.6 is 11.8 Å². The van der Waals surface area contributed by atoms with Crippen LogP contribution in [0.1, 0.15) is 25.7 Å². The topological polar surface area (TPSA) is 21.3 Å². The van der Waals surface area contributed by atoms with Gasteiger partial charge in [0.15, 0.2) is 0 Å². The molecule has 2 rings (SSSR count). The van der Waals surface area contributed by atoms with Crippen LogP contribution in [0.5, 0.6) is 0 Å². The van der Waals surface area contributed by atoms with E-state index in [9.17, 15) is 0 Å². The Hall–Kier alpha value is 0.270. The van der Waals surface area contributed by atoms with Gasteiger partial charge in [0, 0.05) is 18.8 Å². The molecule has 0 aromatic carbocycles. The first-order chi connectivity index (χ1) is 6.95. The molecule has 0 aromatic rings. The van der Waals surface area contributed by atoms with Crippen molar-refractivity contribution in [3.63, 3.8) is 0 Å². The molecule has 0 radical (unpaired) electrons. The molecule has 0 bridgehead atoms. The summed E-state index contributed by atoms with van der Waals surface area (Å²) in [6, 6.07) is 0. The molecule has 1 heterocycles. The minimum atomic E-state index is 0.468. The lowest BCUT2D eigenvalue weighted by molar-refractivity contribution is 0.0440. The summed E-state index contributed by atoms with van der Waals surface area (Å²) in [5, 5.41) is 3.37. The molecule has 2 nitrogen and oxygen atoms in total. The van der Waals surface area contributed by atoms with Crippen molar-refractivity contribution in [2.45, 2.75) is 31.8 Å². The van der Waals surface area contributed by atoms with Crippen LogP contribution in [0, 0.1) is 5.92 Å². The van der Waals surface area contributed by atoms with E-state index in [-0.39, 0.29) is 0 Å². The highest BCUT2D eigenvalue weighted by Gasteiger charge is 2.17. The zero-order chi connectivity index (χ0) is 9.64. The SMILES string of the molecule is C1CCC(CSCC2CNCCO2)C1. The van der Waals surface area contributed by atoms with E-state index in [2.05, 4.69) is 17.1 Å². The van der Waals surface area contributed by atoms with E-state index >= 15 is 0 Å². The Morgan fingerprint density at radius 2 is 2.07 bits per heavy atom. The quantitative estimate of drug-likeness (QED) is 0.774. The third-order valence-corrected chi connectivity index (χ3v) is 4.45. The van der Waals surface area contributed by atoms with Crippen molar-refractivity contribution in [1.29, 1.82) is 0 Å². The molecule has 1 saturated heterocycles. The number of thioether (sulfide) groups is 1. The van der Waals surface area contributed by atoms with Gasteiger partial charge in [0.05, 0.1) is 12.7 Å². The Balaban J connectivity index is 1.52. The zero-order valence-corrected chi connectivity index (χ0v) is 9.65. The second-order valence-corrected chi connectivity index (χ2v) is 5.46. The summed E-state index contributed by atoms with van der Waals surface area (Å²) < 4.78 is 5.66. The van der Waals surface area contributed by atoms with Gasteiger partial charge in [0.2, 0.25) is 0 Å². The molecule has 0 spiro atoms. The Kier molecular flexibility index (Phi) is 4.61. The summed E-state index contributed by atoms with van der Waals surface area (Å²) in [4.78, 5) is 0. The number of rotatable bonds is 4. The molecule has 82 valence electrons. The lowest BCUT2D eigenvalue weighted by atomic mass is 10.1. The first kappa shape index (κ1) is 10.8. The lowest BCUT2D eigenvalue weighted by Crippen LogP contribution is -2.39. The largest absolute Gasteiger partial charge is 0.375 e. The van der Waals surface area contributed by atoms with Gasteiger partial charge in [0.25, 0.3) is 0 Å². The van der Waals surface area contributed by atoms with E-state index in [0.29, 0.717) is 6.10 Å². The van der Waals surface area contributed by atoms with Crippen molar-refractivity contribution >= 4 is 11.8 Å². The Bertz CT molecular complexity index is 153. The van der Waals surface area contributed by atoms with Gasteiger partial charge < -0.3 is 10.1 Å². The van der Waals surface area contributed by atoms with Crippen LogP contribution in [0.25, 0.3) is 0 Å². The van der Waals surface area contributed by atoms with Gasteiger partial charge in [-0.25, -0.2) is 0 Å². The minimum Gasteiger partial charge on any atom is -0.375 e. The van der Waals surface area contributed by atoms with Crippen molar-refractivity contribution in [1.82, 2.24) is 5.32 Å². The zero-order valence-electron chi connectivity index (χ0n) is 8.84. The van der Waals surface area contributed by atoms with Crippen molar-refractivity contribution in [3.05, 3.63) is 0 Å². The molecule has 1 aliphatic carbocycles. The third-order valence-electron chi connectivity index (χ3n) is 3.14.